The van der Waals surface area contributed by atoms with Crippen molar-refractivity contribution in [1.82, 2.24) is 10.2 Å². The first kappa shape index (κ1) is 21.3. The molecular formula is C24H23FN2O6. The zero-order valence-electron chi connectivity index (χ0n) is 18.1. The van der Waals surface area contributed by atoms with Crippen molar-refractivity contribution in [3.8, 4) is 17.2 Å². The highest BCUT2D eigenvalue weighted by molar-refractivity contribution is 5.93. The molecule has 2 aromatic carbocycles. The second-order valence-electron chi connectivity index (χ2n) is 8.17. The van der Waals surface area contributed by atoms with Crippen LogP contribution in [0, 0.1) is 5.82 Å². The molecule has 0 radical (unpaired) electrons. The topological polar surface area (TPSA) is 90.2 Å². The highest BCUT2D eigenvalue weighted by Crippen LogP contribution is 2.33. The van der Waals surface area contributed by atoms with Gasteiger partial charge in [0.15, 0.2) is 34.3 Å². The molecular weight excluding hydrogens is 431 g/mol. The van der Waals surface area contributed by atoms with Gasteiger partial charge in [0.25, 0.3) is 5.91 Å². The highest BCUT2D eigenvalue weighted by Gasteiger charge is 2.23. The highest BCUT2D eigenvalue weighted by atomic mass is 19.1. The molecule has 8 nitrogen and oxygen atoms in total. The molecule has 1 aromatic heterocycles. The number of methoxy groups -OCH3 is 1. The Kier molecular flexibility index (Phi) is 5.63. The van der Waals surface area contributed by atoms with Crippen LogP contribution < -0.4 is 25.0 Å². The molecule has 0 unspecified atom stereocenters. The number of nitrogens with zero attached hydrogens (tertiary/aromatic N) is 1. The number of likely N-dealkylation sites (tertiary alicyclic amines) is 1. The van der Waals surface area contributed by atoms with Gasteiger partial charge in [-0.1, -0.05) is 6.07 Å². The van der Waals surface area contributed by atoms with Crippen LogP contribution in [0.4, 0.5) is 4.39 Å². The zero-order valence-corrected chi connectivity index (χ0v) is 18.1. The lowest BCUT2D eigenvalue weighted by Crippen LogP contribution is -2.44. The standard InChI is InChI=1S/C24H23FN2O6/c1-30-21-11-20-16(9-17(21)25)18(28)10-23(33-20)24(29)26-15-4-6-27(7-5-15)12-14-2-3-19-22(8-14)32-13-31-19/h2-3,8-11,15H,4-7,12-13H2,1H3,(H,26,29). The van der Waals surface area contributed by atoms with Crippen LogP contribution in [0.2, 0.25) is 0 Å². The van der Waals surface area contributed by atoms with E-state index in [0.29, 0.717) is 0 Å². The van der Waals surface area contributed by atoms with Crippen molar-refractivity contribution in [1.29, 1.82) is 0 Å². The van der Waals surface area contributed by atoms with E-state index in [1.165, 1.54) is 13.2 Å². The number of rotatable bonds is 5. The molecule has 5 rings (SSSR count). The third-order valence-electron chi connectivity index (χ3n) is 5.99. The van der Waals surface area contributed by atoms with Gasteiger partial charge in [-0.2, -0.15) is 0 Å². The molecule has 2 aliphatic heterocycles. The van der Waals surface area contributed by atoms with E-state index in [-0.39, 0.29) is 35.3 Å². The van der Waals surface area contributed by atoms with Crippen LogP contribution in [0.3, 0.4) is 0 Å². The molecule has 172 valence electrons. The number of amides is 1. The number of carbonyl (C=O) groups excluding carboxylic acids is 1. The lowest BCUT2D eigenvalue weighted by atomic mass is 10.0. The fourth-order valence-electron chi connectivity index (χ4n) is 4.21. The van der Waals surface area contributed by atoms with Crippen LogP contribution in [0.1, 0.15) is 29.0 Å². The number of carbonyl (C=O) groups is 1. The Hall–Kier alpha value is -3.59. The molecule has 3 heterocycles. The molecule has 1 amide bonds. The van der Waals surface area contributed by atoms with E-state index in [0.717, 1.165) is 61.7 Å². The van der Waals surface area contributed by atoms with E-state index in [4.69, 9.17) is 18.6 Å². The largest absolute Gasteiger partial charge is 0.494 e. The van der Waals surface area contributed by atoms with Gasteiger partial charge >= 0.3 is 0 Å². The minimum absolute atomic E-state index is 0.0331. The second kappa shape index (κ2) is 8.74. The second-order valence-corrected chi connectivity index (χ2v) is 8.17. The molecule has 1 N–H and O–H groups in total. The van der Waals surface area contributed by atoms with Crippen molar-refractivity contribution in [3.05, 3.63) is 63.8 Å². The number of hydrogen-bond acceptors (Lipinski definition) is 7. The Balaban J connectivity index is 1.21. The average Bonchev–Trinajstić information content (AvgIpc) is 3.28. The summed E-state index contributed by atoms with van der Waals surface area (Å²) in [6.45, 7) is 2.68. The molecule has 0 bridgehead atoms. The lowest BCUT2D eigenvalue weighted by molar-refractivity contribution is 0.0881. The predicted octanol–water partition coefficient (Wildman–Crippen LogP) is 3.06. The molecule has 3 aromatic rings. The minimum atomic E-state index is -0.665. The summed E-state index contributed by atoms with van der Waals surface area (Å²) in [5.74, 6) is 0.242. The van der Waals surface area contributed by atoms with E-state index in [2.05, 4.69) is 10.2 Å². The van der Waals surface area contributed by atoms with Gasteiger partial charge in [-0.05, 0) is 36.6 Å². The average molecular weight is 454 g/mol. The number of nitrogens with one attached hydrogen (secondary N) is 1. The van der Waals surface area contributed by atoms with E-state index in [1.807, 2.05) is 18.2 Å². The van der Waals surface area contributed by atoms with Crippen LogP contribution >= 0.6 is 0 Å². The van der Waals surface area contributed by atoms with Gasteiger partial charge in [-0.3, -0.25) is 14.5 Å². The summed E-state index contributed by atoms with van der Waals surface area (Å²) in [5, 5.41) is 3.00. The SMILES string of the molecule is COc1cc2oc(C(=O)NC3CCN(Cc4ccc5c(c4)OCO5)CC3)cc(=O)c2cc1F. The Morgan fingerprint density at radius 3 is 2.73 bits per heavy atom. The van der Waals surface area contributed by atoms with Gasteiger partial charge in [0.05, 0.1) is 12.5 Å². The van der Waals surface area contributed by atoms with Crippen molar-refractivity contribution in [3.63, 3.8) is 0 Å². The number of benzene rings is 2. The number of fused-ring (bicyclic) bond motifs is 2. The van der Waals surface area contributed by atoms with Gasteiger partial charge < -0.3 is 23.9 Å². The number of ether oxygens (including phenoxy) is 3. The summed E-state index contributed by atoms with van der Waals surface area (Å²) in [6, 6.07) is 9.34. The van der Waals surface area contributed by atoms with Crippen molar-refractivity contribution in [2.45, 2.75) is 25.4 Å². The molecule has 33 heavy (non-hydrogen) atoms. The van der Waals surface area contributed by atoms with Crippen LogP contribution in [-0.4, -0.2) is 43.8 Å². The summed E-state index contributed by atoms with van der Waals surface area (Å²) < 4.78 is 35.2. The molecule has 0 saturated carbocycles. The Bertz CT molecular complexity index is 1270. The fourth-order valence-corrected chi connectivity index (χ4v) is 4.21. The molecule has 1 fully saturated rings. The van der Waals surface area contributed by atoms with Crippen LogP contribution in [0.25, 0.3) is 11.0 Å². The van der Waals surface area contributed by atoms with Crippen molar-refractivity contribution < 1.29 is 27.8 Å². The molecule has 0 spiro atoms. The van der Waals surface area contributed by atoms with Gasteiger partial charge in [0.2, 0.25) is 6.79 Å². The molecule has 9 heteroatoms. The minimum Gasteiger partial charge on any atom is -0.494 e. The Morgan fingerprint density at radius 1 is 1.15 bits per heavy atom. The van der Waals surface area contributed by atoms with Crippen molar-refractivity contribution in [2.24, 2.45) is 0 Å². The first-order chi connectivity index (χ1) is 16.0. The monoisotopic (exact) mass is 454 g/mol. The van der Waals surface area contributed by atoms with Crippen LogP contribution in [0.5, 0.6) is 17.2 Å². The van der Waals surface area contributed by atoms with Gasteiger partial charge in [0.1, 0.15) is 5.58 Å². The first-order valence-electron chi connectivity index (χ1n) is 10.7. The maximum absolute atomic E-state index is 13.9. The van der Waals surface area contributed by atoms with Crippen LogP contribution in [0.15, 0.2) is 45.6 Å². The lowest BCUT2D eigenvalue weighted by Gasteiger charge is -2.32. The smallest absolute Gasteiger partial charge is 0.287 e. The number of halogens is 1. The number of piperidine rings is 1. The molecule has 0 aliphatic carbocycles. The van der Waals surface area contributed by atoms with E-state index < -0.39 is 17.2 Å². The van der Waals surface area contributed by atoms with Gasteiger partial charge in [-0.25, -0.2) is 4.39 Å². The van der Waals surface area contributed by atoms with Gasteiger partial charge in [-0.15, -0.1) is 0 Å². The molecule has 0 atom stereocenters. The fraction of sp³-hybridized carbons (Fsp3) is 0.333. The third kappa shape index (κ3) is 4.36. The van der Waals surface area contributed by atoms with Crippen molar-refractivity contribution >= 4 is 16.9 Å². The van der Waals surface area contributed by atoms with Crippen LogP contribution in [-0.2, 0) is 6.54 Å². The maximum Gasteiger partial charge on any atom is 0.287 e. The normalized spacial score (nSPS) is 16.2. The van der Waals surface area contributed by atoms with E-state index >= 15 is 0 Å². The van der Waals surface area contributed by atoms with Gasteiger partial charge in [0, 0.05) is 37.8 Å². The summed E-state index contributed by atoms with van der Waals surface area (Å²) in [5.41, 5.74) is 0.762. The summed E-state index contributed by atoms with van der Waals surface area (Å²) in [4.78, 5) is 27.4. The number of hydrogen-bond donors (Lipinski definition) is 1. The maximum atomic E-state index is 13.9. The van der Waals surface area contributed by atoms with E-state index in [1.54, 1.807) is 0 Å². The van der Waals surface area contributed by atoms with E-state index in [9.17, 15) is 14.0 Å². The zero-order chi connectivity index (χ0) is 22.9. The molecule has 2 aliphatic rings. The quantitative estimate of drug-likeness (QED) is 0.634. The first-order valence-corrected chi connectivity index (χ1v) is 10.7. The summed E-state index contributed by atoms with van der Waals surface area (Å²) in [7, 11) is 1.32. The molecule has 1 saturated heterocycles. The third-order valence-corrected chi connectivity index (χ3v) is 5.99. The van der Waals surface area contributed by atoms with Crippen molar-refractivity contribution in [2.75, 3.05) is 27.0 Å². The predicted molar refractivity (Wildman–Crippen MR) is 117 cm³/mol. The summed E-state index contributed by atoms with van der Waals surface area (Å²) >= 11 is 0. The summed E-state index contributed by atoms with van der Waals surface area (Å²) in [6.07, 6.45) is 1.54. The Morgan fingerprint density at radius 2 is 1.94 bits per heavy atom. The Labute approximate surface area is 188 Å².